The van der Waals surface area contributed by atoms with Crippen LogP contribution < -0.4 is 4.74 Å². The van der Waals surface area contributed by atoms with Crippen molar-refractivity contribution in [1.29, 1.82) is 0 Å². The molecule has 0 saturated heterocycles. The van der Waals surface area contributed by atoms with Crippen LogP contribution in [0.3, 0.4) is 0 Å². The Morgan fingerprint density at radius 2 is 1.25 bits per heavy atom. The summed E-state index contributed by atoms with van der Waals surface area (Å²) in [6.45, 7) is 0. The number of benzene rings is 5. The quantitative estimate of drug-likeness (QED) is 0.273. The number of phenols is 2. The first-order valence-corrected chi connectivity index (χ1v) is 12.3. The first kappa shape index (κ1) is 20.9. The fourth-order valence-electron chi connectivity index (χ4n) is 5.48. The third-order valence-electron chi connectivity index (χ3n) is 7.20. The average Bonchev–Trinajstić information content (AvgIpc) is 3.40. The van der Waals surface area contributed by atoms with Crippen molar-refractivity contribution in [3.63, 3.8) is 0 Å². The Kier molecular flexibility index (Phi) is 4.67. The van der Waals surface area contributed by atoms with Crippen LogP contribution in [0.25, 0.3) is 55.1 Å². The molecular weight excluding hydrogens is 450 g/mol. The Balaban J connectivity index is 1.48. The number of hydrogen-bond donors (Lipinski definition) is 2. The highest BCUT2D eigenvalue weighted by Gasteiger charge is 2.23. The van der Waals surface area contributed by atoms with Gasteiger partial charge >= 0.3 is 6.01 Å². The minimum Gasteiger partial charge on any atom is -0.507 e. The molecule has 1 aliphatic rings. The van der Waals surface area contributed by atoms with Gasteiger partial charge in [0.05, 0.1) is 0 Å². The van der Waals surface area contributed by atoms with Gasteiger partial charge in [-0.1, -0.05) is 54.6 Å². The number of ether oxygens (including phenoxy) is 1. The molecule has 0 aliphatic heterocycles. The molecule has 0 bridgehead atoms. The van der Waals surface area contributed by atoms with Gasteiger partial charge in [-0.15, -0.1) is 0 Å². The highest BCUT2D eigenvalue weighted by Crippen LogP contribution is 2.40. The standard InChI is InChI=1S/C30H23N3O3/c34-23-9-4-10-24(35)27(23)29-31-28(32-30(33-29)36-20-7-1-2-8-20)22-16-14-19-12-11-17-5-3-6-18-13-15-21(22)26(19)25(17)18/h3-6,9-16,20,34-35H,1-2,7-8H2. The lowest BCUT2D eigenvalue weighted by Crippen LogP contribution is -2.14. The van der Waals surface area contributed by atoms with Crippen LogP contribution in [0.4, 0.5) is 0 Å². The molecule has 1 aliphatic carbocycles. The second-order valence-corrected chi connectivity index (χ2v) is 9.43. The summed E-state index contributed by atoms with van der Waals surface area (Å²) >= 11 is 0. The molecule has 0 spiro atoms. The van der Waals surface area contributed by atoms with Gasteiger partial charge in [-0.3, -0.25) is 0 Å². The predicted molar refractivity (Wildman–Crippen MR) is 141 cm³/mol. The van der Waals surface area contributed by atoms with E-state index in [0.29, 0.717) is 5.82 Å². The Morgan fingerprint density at radius 3 is 2.00 bits per heavy atom. The fraction of sp³-hybridized carbons (Fsp3) is 0.167. The van der Waals surface area contributed by atoms with Crippen molar-refractivity contribution >= 4 is 32.3 Å². The van der Waals surface area contributed by atoms with E-state index in [0.717, 1.165) is 47.4 Å². The van der Waals surface area contributed by atoms with Gasteiger partial charge in [-0.05, 0) is 76.2 Å². The maximum absolute atomic E-state index is 10.5. The summed E-state index contributed by atoms with van der Waals surface area (Å²) in [6.07, 6.45) is 4.19. The maximum Gasteiger partial charge on any atom is 0.320 e. The molecule has 1 aromatic heterocycles. The molecule has 2 N–H and O–H groups in total. The van der Waals surface area contributed by atoms with E-state index in [-0.39, 0.29) is 35.0 Å². The van der Waals surface area contributed by atoms with Gasteiger partial charge < -0.3 is 14.9 Å². The van der Waals surface area contributed by atoms with Crippen molar-refractivity contribution in [3.8, 4) is 40.3 Å². The molecule has 5 aromatic carbocycles. The highest BCUT2D eigenvalue weighted by molar-refractivity contribution is 6.25. The molecule has 0 radical (unpaired) electrons. The smallest absolute Gasteiger partial charge is 0.320 e. The molecule has 6 aromatic rings. The summed E-state index contributed by atoms with van der Waals surface area (Å²) in [5, 5.41) is 28.0. The van der Waals surface area contributed by atoms with Crippen LogP contribution in [-0.2, 0) is 0 Å². The molecule has 176 valence electrons. The van der Waals surface area contributed by atoms with Crippen LogP contribution in [-0.4, -0.2) is 31.3 Å². The van der Waals surface area contributed by atoms with E-state index in [4.69, 9.17) is 14.7 Å². The zero-order valence-corrected chi connectivity index (χ0v) is 19.5. The van der Waals surface area contributed by atoms with Crippen LogP contribution in [0, 0.1) is 0 Å². The molecular formula is C30H23N3O3. The molecule has 6 heteroatoms. The van der Waals surface area contributed by atoms with Crippen molar-refractivity contribution in [3.05, 3.63) is 72.8 Å². The summed E-state index contributed by atoms with van der Waals surface area (Å²) in [7, 11) is 0. The van der Waals surface area contributed by atoms with Gasteiger partial charge in [0.15, 0.2) is 11.6 Å². The molecule has 1 fully saturated rings. The zero-order chi connectivity index (χ0) is 24.2. The number of aromatic hydroxyl groups is 2. The summed E-state index contributed by atoms with van der Waals surface area (Å²) in [5.41, 5.74) is 1.01. The molecule has 0 atom stereocenters. The van der Waals surface area contributed by atoms with Crippen molar-refractivity contribution in [2.24, 2.45) is 0 Å². The molecule has 0 amide bonds. The lowest BCUT2D eigenvalue weighted by molar-refractivity contribution is 0.192. The van der Waals surface area contributed by atoms with Crippen molar-refractivity contribution in [1.82, 2.24) is 15.0 Å². The molecule has 0 unspecified atom stereocenters. The van der Waals surface area contributed by atoms with Gasteiger partial charge in [0.2, 0.25) is 0 Å². The number of hydrogen-bond acceptors (Lipinski definition) is 6. The van der Waals surface area contributed by atoms with Crippen LogP contribution in [0.15, 0.2) is 72.8 Å². The number of rotatable bonds is 4. The van der Waals surface area contributed by atoms with E-state index < -0.39 is 0 Å². The van der Waals surface area contributed by atoms with E-state index in [1.807, 2.05) is 6.07 Å². The lowest BCUT2D eigenvalue weighted by atomic mass is 9.92. The van der Waals surface area contributed by atoms with Crippen LogP contribution >= 0.6 is 0 Å². The Morgan fingerprint density at radius 1 is 0.639 bits per heavy atom. The van der Waals surface area contributed by atoms with Gasteiger partial charge in [-0.2, -0.15) is 9.97 Å². The minimum absolute atomic E-state index is 0.0485. The monoisotopic (exact) mass is 473 g/mol. The van der Waals surface area contributed by atoms with E-state index in [2.05, 4.69) is 53.5 Å². The van der Waals surface area contributed by atoms with Gasteiger partial charge in [0, 0.05) is 5.56 Å². The highest BCUT2D eigenvalue weighted by atomic mass is 16.5. The Labute approximate surface area is 207 Å². The maximum atomic E-state index is 10.5. The Hall–Kier alpha value is -4.45. The zero-order valence-electron chi connectivity index (χ0n) is 19.5. The topological polar surface area (TPSA) is 88.4 Å². The van der Waals surface area contributed by atoms with Crippen LogP contribution in [0.1, 0.15) is 25.7 Å². The third kappa shape index (κ3) is 3.29. The van der Waals surface area contributed by atoms with Gasteiger partial charge in [0.25, 0.3) is 0 Å². The molecule has 6 nitrogen and oxygen atoms in total. The van der Waals surface area contributed by atoms with Crippen LogP contribution in [0.5, 0.6) is 17.5 Å². The van der Waals surface area contributed by atoms with Gasteiger partial charge in [0.1, 0.15) is 23.2 Å². The SMILES string of the molecule is Oc1cccc(O)c1-c1nc(OC2CCCC2)nc(-c2ccc3ccc4cccc5ccc2c3c45)n1. The second-order valence-electron chi connectivity index (χ2n) is 9.43. The van der Waals surface area contributed by atoms with Crippen molar-refractivity contribution in [2.75, 3.05) is 0 Å². The predicted octanol–water partition coefficient (Wildman–Crippen LogP) is 6.84. The molecule has 1 heterocycles. The van der Waals surface area contributed by atoms with Crippen LogP contribution in [0.2, 0.25) is 0 Å². The summed E-state index contributed by atoms with van der Waals surface area (Å²) < 4.78 is 6.18. The summed E-state index contributed by atoms with van der Waals surface area (Å²) in [5.74, 6) is 0.409. The third-order valence-corrected chi connectivity index (χ3v) is 7.20. The fourth-order valence-corrected chi connectivity index (χ4v) is 5.48. The molecule has 36 heavy (non-hydrogen) atoms. The summed E-state index contributed by atoms with van der Waals surface area (Å²) in [6, 6.07) is 23.8. The number of nitrogens with zero attached hydrogens (tertiary/aromatic N) is 3. The summed E-state index contributed by atoms with van der Waals surface area (Å²) in [4.78, 5) is 14.0. The second kappa shape index (κ2) is 8.05. The number of phenolic OH excluding ortho intramolecular Hbond substituents is 2. The molecule has 7 rings (SSSR count). The minimum atomic E-state index is -0.102. The largest absolute Gasteiger partial charge is 0.507 e. The first-order valence-electron chi connectivity index (χ1n) is 12.3. The van der Waals surface area contributed by atoms with E-state index >= 15 is 0 Å². The number of aromatic nitrogens is 3. The van der Waals surface area contributed by atoms with E-state index in [9.17, 15) is 10.2 Å². The van der Waals surface area contributed by atoms with Crippen molar-refractivity contribution in [2.45, 2.75) is 31.8 Å². The van der Waals surface area contributed by atoms with E-state index in [1.165, 1.54) is 28.3 Å². The van der Waals surface area contributed by atoms with Crippen molar-refractivity contribution < 1.29 is 14.9 Å². The normalized spacial score (nSPS) is 14.3. The lowest BCUT2D eigenvalue weighted by Gasteiger charge is -2.16. The Bertz CT molecular complexity index is 1720. The average molecular weight is 474 g/mol. The molecule has 1 saturated carbocycles. The van der Waals surface area contributed by atoms with Gasteiger partial charge in [-0.25, -0.2) is 4.98 Å². The first-order chi connectivity index (χ1) is 17.7. The van der Waals surface area contributed by atoms with E-state index in [1.54, 1.807) is 6.07 Å².